The molecule has 4 heteroatoms. The molecule has 0 aliphatic heterocycles. The minimum absolute atomic E-state index is 0.104. The standard InChI is InChI=1S/C7H15NO2S/c1-6(2)7(4-5-7)8-11(3,9)10/h6,8H,4-5H2,1-3H3. The summed E-state index contributed by atoms with van der Waals surface area (Å²) in [5, 5.41) is 0. The smallest absolute Gasteiger partial charge is 0.209 e. The second-order valence-corrected chi connectivity index (χ2v) is 5.43. The quantitative estimate of drug-likeness (QED) is 0.690. The molecule has 3 nitrogen and oxygen atoms in total. The van der Waals surface area contributed by atoms with E-state index in [1.54, 1.807) is 0 Å². The number of sulfonamides is 1. The van der Waals surface area contributed by atoms with Crippen molar-refractivity contribution in [1.82, 2.24) is 4.72 Å². The van der Waals surface area contributed by atoms with Crippen molar-refractivity contribution in [3.8, 4) is 0 Å². The fourth-order valence-electron chi connectivity index (χ4n) is 1.30. The van der Waals surface area contributed by atoms with Crippen molar-refractivity contribution >= 4 is 10.0 Å². The van der Waals surface area contributed by atoms with Crippen LogP contribution in [0.4, 0.5) is 0 Å². The molecule has 1 rings (SSSR count). The maximum Gasteiger partial charge on any atom is 0.209 e. The maximum atomic E-state index is 10.9. The van der Waals surface area contributed by atoms with Crippen LogP contribution in [0.2, 0.25) is 0 Å². The average Bonchev–Trinajstić information content (AvgIpc) is 2.43. The predicted octanol–water partition coefficient (Wildman–Crippen LogP) is 0.724. The Balaban J connectivity index is 2.63. The van der Waals surface area contributed by atoms with E-state index in [1.807, 2.05) is 13.8 Å². The van der Waals surface area contributed by atoms with Gasteiger partial charge >= 0.3 is 0 Å². The first-order chi connectivity index (χ1) is 4.86. The highest BCUT2D eigenvalue weighted by molar-refractivity contribution is 7.88. The Morgan fingerprint density at radius 2 is 1.82 bits per heavy atom. The van der Waals surface area contributed by atoms with E-state index < -0.39 is 10.0 Å². The van der Waals surface area contributed by atoms with Gasteiger partial charge in [0.25, 0.3) is 0 Å². The largest absolute Gasteiger partial charge is 0.213 e. The molecule has 1 aliphatic rings. The molecule has 0 atom stereocenters. The zero-order valence-electron chi connectivity index (χ0n) is 7.22. The van der Waals surface area contributed by atoms with Gasteiger partial charge in [0, 0.05) is 5.54 Å². The maximum absolute atomic E-state index is 10.9. The highest BCUT2D eigenvalue weighted by Crippen LogP contribution is 2.42. The van der Waals surface area contributed by atoms with Gasteiger partial charge in [-0.3, -0.25) is 0 Å². The van der Waals surface area contributed by atoms with Crippen molar-refractivity contribution in [2.45, 2.75) is 32.2 Å². The number of hydrogen-bond donors (Lipinski definition) is 1. The Kier molecular flexibility index (Phi) is 2.01. The SMILES string of the molecule is CC(C)C1(NS(C)(=O)=O)CC1. The molecule has 1 saturated carbocycles. The van der Waals surface area contributed by atoms with Crippen molar-refractivity contribution in [2.75, 3.05) is 6.26 Å². The summed E-state index contributed by atoms with van der Waals surface area (Å²) in [6.07, 6.45) is 3.19. The number of hydrogen-bond acceptors (Lipinski definition) is 2. The Morgan fingerprint density at radius 3 is 1.91 bits per heavy atom. The van der Waals surface area contributed by atoms with Gasteiger partial charge in [-0.05, 0) is 18.8 Å². The van der Waals surface area contributed by atoms with Gasteiger partial charge in [-0.1, -0.05) is 13.8 Å². The summed E-state index contributed by atoms with van der Waals surface area (Å²) in [7, 11) is -3.01. The Bertz CT molecular complexity index is 239. The molecule has 0 spiro atoms. The molecular weight excluding hydrogens is 162 g/mol. The second-order valence-electron chi connectivity index (χ2n) is 3.69. The lowest BCUT2D eigenvalue weighted by atomic mass is 10.0. The fraction of sp³-hybridized carbons (Fsp3) is 1.00. The van der Waals surface area contributed by atoms with Gasteiger partial charge in [-0.25, -0.2) is 13.1 Å². The third-order valence-corrected chi connectivity index (χ3v) is 3.06. The van der Waals surface area contributed by atoms with Crippen molar-refractivity contribution in [1.29, 1.82) is 0 Å². The molecule has 1 fully saturated rings. The highest BCUT2D eigenvalue weighted by Gasteiger charge is 2.47. The normalized spacial score (nSPS) is 22.2. The summed E-state index contributed by atoms with van der Waals surface area (Å²) < 4.78 is 24.4. The summed E-state index contributed by atoms with van der Waals surface area (Å²) in [6, 6.07) is 0. The van der Waals surface area contributed by atoms with Crippen LogP contribution in [-0.2, 0) is 10.0 Å². The Morgan fingerprint density at radius 1 is 1.36 bits per heavy atom. The molecule has 0 saturated heterocycles. The minimum Gasteiger partial charge on any atom is -0.213 e. The van der Waals surface area contributed by atoms with E-state index in [1.165, 1.54) is 6.26 Å². The topological polar surface area (TPSA) is 46.2 Å². The van der Waals surface area contributed by atoms with E-state index >= 15 is 0 Å². The highest BCUT2D eigenvalue weighted by atomic mass is 32.2. The lowest BCUT2D eigenvalue weighted by Gasteiger charge is -2.19. The van der Waals surface area contributed by atoms with E-state index in [2.05, 4.69) is 4.72 Å². The minimum atomic E-state index is -3.01. The van der Waals surface area contributed by atoms with E-state index in [-0.39, 0.29) is 5.54 Å². The molecule has 0 heterocycles. The van der Waals surface area contributed by atoms with E-state index in [9.17, 15) is 8.42 Å². The molecule has 0 unspecified atom stereocenters. The summed E-state index contributed by atoms with van der Waals surface area (Å²) in [5.41, 5.74) is -0.104. The molecule has 0 amide bonds. The van der Waals surface area contributed by atoms with Crippen LogP contribution in [0.1, 0.15) is 26.7 Å². The summed E-state index contributed by atoms with van der Waals surface area (Å²) in [5.74, 6) is 0.400. The van der Waals surface area contributed by atoms with Crippen LogP contribution in [0.3, 0.4) is 0 Å². The first-order valence-electron chi connectivity index (χ1n) is 3.85. The van der Waals surface area contributed by atoms with Crippen LogP contribution >= 0.6 is 0 Å². The molecule has 0 aromatic carbocycles. The van der Waals surface area contributed by atoms with Crippen LogP contribution in [0, 0.1) is 5.92 Å². The van der Waals surface area contributed by atoms with Gasteiger partial charge in [0.2, 0.25) is 10.0 Å². The van der Waals surface area contributed by atoms with Crippen LogP contribution in [0.15, 0.2) is 0 Å². The van der Waals surface area contributed by atoms with Crippen LogP contribution in [0.5, 0.6) is 0 Å². The number of rotatable bonds is 3. The average molecular weight is 177 g/mol. The van der Waals surface area contributed by atoms with Gasteiger partial charge in [0.15, 0.2) is 0 Å². The molecule has 0 aromatic rings. The zero-order valence-corrected chi connectivity index (χ0v) is 8.03. The molecule has 66 valence electrons. The van der Waals surface area contributed by atoms with Crippen LogP contribution in [-0.4, -0.2) is 20.2 Å². The molecule has 0 radical (unpaired) electrons. The third-order valence-electron chi connectivity index (χ3n) is 2.28. The summed E-state index contributed by atoms with van der Waals surface area (Å²) in [4.78, 5) is 0. The number of nitrogens with one attached hydrogen (secondary N) is 1. The van der Waals surface area contributed by atoms with Crippen LogP contribution in [0.25, 0.3) is 0 Å². The molecular formula is C7H15NO2S. The van der Waals surface area contributed by atoms with Crippen LogP contribution < -0.4 is 4.72 Å². The first-order valence-corrected chi connectivity index (χ1v) is 5.74. The van der Waals surface area contributed by atoms with E-state index in [0.717, 1.165) is 12.8 Å². The van der Waals surface area contributed by atoms with Crippen molar-refractivity contribution in [2.24, 2.45) is 5.92 Å². The molecule has 1 N–H and O–H groups in total. The van der Waals surface area contributed by atoms with E-state index in [4.69, 9.17) is 0 Å². The zero-order chi connectivity index (χ0) is 8.70. The first kappa shape index (κ1) is 9.00. The van der Waals surface area contributed by atoms with Crippen molar-refractivity contribution < 1.29 is 8.42 Å². The lowest BCUT2D eigenvalue weighted by molar-refractivity contribution is 0.433. The third kappa shape index (κ3) is 2.17. The van der Waals surface area contributed by atoms with Crippen molar-refractivity contribution in [3.05, 3.63) is 0 Å². The van der Waals surface area contributed by atoms with Gasteiger partial charge < -0.3 is 0 Å². The van der Waals surface area contributed by atoms with Gasteiger partial charge in [0.1, 0.15) is 0 Å². The summed E-state index contributed by atoms with van der Waals surface area (Å²) >= 11 is 0. The molecule has 0 aromatic heterocycles. The monoisotopic (exact) mass is 177 g/mol. The van der Waals surface area contributed by atoms with Gasteiger partial charge in [-0.15, -0.1) is 0 Å². The predicted molar refractivity (Wildman–Crippen MR) is 44.8 cm³/mol. The van der Waals surface area contributed by atoms with Crippen molar-refractivity contribution in [3.63, 3.8) is 0 Å². The summed E-state index contributed by atoms with van der Waals surface area (Å²) in [6.45, 7) is 4.09. The Labute approximate surface area is 68.2 Å². The molecule has 0 bridgehead atoms. The lowest BCUT2D eigenvalue weighted by Crippen LogP contribution is -2.39. The van der Waals surface area contributed by atoms with E-state index in [0.29, 0.717) is 5.92 Å². The Hall–Kier alpha value is -0.0900. The van der Waals surface area contributed by atoms with Gasteiger partial charge in [-0.2, -0.15) is 0 Å². The second kappa shape index (κ2) is 2.45. The molecule has 1 aliphatic carbocycles. The molecule has 11 heavy (non-hydrogen) atoms. The van der Waals surface area contributed by atoms with Gasteiger partial charge in [0.05, 0.1) is 6.26 Å². The fourth-order valence-corrected chi connectivity index (χ4v) is 2.48.